The van der Waals surface area contributed by atoms with Crippen molar-refractivity contribution in [2.24, 2.45) is 0 Å². The molecule has 1 rings (SSSR count). The highest BCUT2D eigenvalue weighted by Crippen LogP contribution is 1.98. The van der Waals surface area contributed by atoms with Crippen molar-refractivity contribution in [1.29, 1.82) is 5.26 Å². The minimum absolute atomic E-state index is 0.111. The summed E-state index contributed by atoms with van der Waals surface area (Å²) in [6.07, 6.45) is 3.01. The van der Waals surface area contributed by atoms with Crippen LogP contribution in [-0.2, 0) is 9.53 Å². The van der Waals surface area contributed by atoms with E-state index < -0.39 is 0 Å². The molecule has 0 saturated carbocycles. The molecule has 0 radical (unpaired) electrons. The lowest BCUT2D eigenvalue weighted by molar-refractivity contribution is -0.136. The Labute approximate surface area is 148 Å². The molecule has 0 amide bonds. The van der Waals surface area contributed by atoms with Crippen molar-refractivity contribution < 1.29 is 9.53 Å². The van der Waals surface area contributed by atoms with Gasteiger partial charge in [0.1, 0.15) is 0 Å². The zero-order valence-corrected chi connectivity index (χ0v) is 14.9. The summed E-state index contributed by atoms with van der Waals surface area (Å²) in [6.45, 7) is 14.8. The average Bonchev–Trinajstić information content (AvgIpc) is 2.55. The molecule has 0 saturated heterocycles. The van der Waals surface area contributed by atoms with Crippen LogP contribution >= 0.6 is 23.2 Å². The van der Waals surface area contributed by atoms with Crippen molar-refractivity contribution in [2.75, 3.05) is 7.11 Å². The number of nitriles is 1. The van der Waals surface area contributed by atoms with Gasteiger partial charge in [0, 0.05) is 11.6 Å². The maximum Gasteiger partial charge on any atom is 0.332 e. The summed E-state index contributed by atoms with van der Waals surface area (Å²) in [4.78, 5) is 10.2. The van der Waals surface area contributed by atoms with Gasteiger partial charge in [-0.25, -0.2) is 4.79 Å². The lowest BCUT2D eigenvalue weighted by Crippen LogP contribution is -1.98. The predicted molar refractivity (Wildman–Crippen MR) is 100 cm³/mol. The molecule has 23 heavy (non-hydrogen) atoms. The van der Waals surface area contributed by atoms with Crippen molar-refractivity contribution in [3.8, 4) is 6.07 Å². The zero-order chi connectivity index (χ0) is 18.7. The van der Waals surface area contributed by atoms with E-state index in [-0.39, 0.29) is 10.5 Å². The number of methoxy groups -OCH3 is 1. The third-order valence-corrected chi connectivity index (χ3v) is 1.66. The molecule has 1 aromatic carbocycles. The molecule has 0 aliphatic carbocycles. The molecule has 0 N–H and O–H groups in total. The monoisotopic (exact) mass is 353 g/mol. The number of rotatable bonds is 2. The van der Waals surface area contributed by atoms with Gasteiger partial charge in [0.05, 0.1) is 17.7 Å². The first-order valence-electron chi connectivity index (χ1n) is 6.18. The predicted octanol–water partition coefficient (Wildman–Crippen LogP) is 5.70. The smallest absolute Gasteiger partial charge is 0.332 e. The molecule has 0 bridgehead atoms. The number of halogens is 2. The molecular weight excluding hydrogens is 333 g/mol. The molecule has 0 aromatic heterocycles. The molecule has 0 spiro atoms. The second-order valence-electron chi connectivity index (χ2n) is 3.56. The van der Waals surface area contributed by atoms with Gasteiger partial charge in [-0.1, -0.05) is 85.9 Å². The number of hydrogen-bond acceptors (Lipinski definition) is 3. The lowest BCUT2D eigenvalue weighted by Gasteiger charge is -1.91. The normalized spacial score (nSPS) is 7.09. The minimum atomic E-state index is -0.347. The van der Waals surface area contributed by atoms with Gasteiger partial charge in [-0.05, 0) is 12.5 Å². The van der Waals surface area contributed by atoms with Crippen LogP contribution in [0.3, 0.4) is 0 Å². The Kier molecular flexibility index (Phi) is 22.0. The van der Waals surface area contributed by atoms with E-state index in [1.54, 1.807) is 13.0 Å². The summed E-state index contributed by atoms with van der Waals surface area (Å²) in [5.74, 6) is -0.347. The summed E-state index contributed by atoms with van der Waals surface area (Å²) in [6, 6.07) is 11.7. The van der Waals surface area contributed by atoms with Crippen LogP contribution in [0.25, 0.3) is 6.08 Å². The van der Waals surface area contributed by atoms with Crippen LogP contribution in [-0.4, -0.2) is 13.1 Å². The number of carbonyl (C=O) groups is 1. The number of nitrogens with zero attached hydrogens (tertiary/aromatic N) is 1. The molecule has 0 heterocycles. The van der Waals surface area contributed by atoms with E-state index in [0.717, 1.165) is 0 Å². The number of hydrogen-bond donors (Lipinski definition) is 0. The Hall–Kier alpha value is -2.28. The first kappa shape index (κ1) is 25.7. The maximum absolute atomic E-state index is 10.2. The van der Waals surface area contributed by atoms with E-state index >= 15 is 0 Å². The van der Waals surface area contributed by atoms with Gasteiger partial charge in [0.2, 0.25) is 0 Å². The van der Waals surface area contributed by atoms with Crippen LogP contribution in [0, 0.1) is 11.3 Å². The van der Waals surface area contributed by atoms with Gasteiger partial charge < -0.3 is 4.74 Å². The van der Waals surface area contributed by atoms with E-state index in [2.05, 4.69) is 31.1 Å². The lowest BCUT2D eigenvalue weighted by atomic mass is 10.2. The number of benzene rings is 1. The van der Waals surface area contributed by atoms with Gasteiger partial charge in [-0.2, -0.15) is 5.26 Å². The van der Waals surface area contributed by atoms with Crippen LogP contribution in [0.15, 0.2) is 72.8 Å². The quantitative estimate of drug-likeness (QED) is 0.389. The minimum Gasteiger partial charge on any atom is -0.466 e. The van der Waals surface area contributed by atoms with Crippen LogP contribution in [0.4, 0.5) is 0 Å². The van der Waals surface area contributed by atoms with Gasteiger partial charge >= 0.3 is 5.97 Å². The van der Waals surface area contributed by atoms with Crippen LogP contribution in [0.2, 0.25) is 0 Å². The SMILES string of the molecule is C=C(C)C(=O)OC.C=C(Cl)Cl.C=CC#N.C=Cc1ccccc1. The van der Waals surface area contributed by atoms with Crippen LogP contribution < -0.4 is 0 Å². The Morgan fingerprint density at radius 3 is 1.74 bits per heavy atom. The van der Waals surface area contributed by atoms with Gasteiger partial charge in [-0.15, -0.1) is 0 Å². The first-order chi connectivity index (χ1) is 10.8. The highest BCUT2D eigenvalue weighted by molar-refractivity contribution is 6.55. The van der Waals surface area contributed by atoms with E-state index in [0.29, 0.717) is 5.57 Å². The molecule has 0 aliphatic heterocycles. The number of allylic oxidation sites excluding steroid dienone is 1. The summed E-state index contributed by atoms with van der Waals surface area (Å²) in [5.41, 5.74) is 1.61. The molecule has 0 unspecified atom stereocenters. The first-order valence-corrected chi connectivity index (χ1v) is 6.94. The third-order valence-electron chi connectivity index (χ3n) is 1.66. The van der Waals surface area contributed by atoms with Crippen molar-refractivity contribution >= 4 is 35.2 Å². The Morgan fingerprint density at radius 1 is 1.22 bits per heavy atom. The van der Waals surface area contributed by atoms with Crippen molar-refractivity contribution in [1.82, 2.24) is 0 Å². The van der Waals surface area contributed by atoms with Gasteiger partial charge in [0.25, 0.3) is 0 Å². The summed E-state index contributed by atoms with van der Waals surface area (Å²) < 4.78 is 4.38. The average molecular weight is 354 g/mol. The van der Waals surface area contributed by atoms with E-state index in [1.165, 1.54) is 18.7 Å². The number of esters is 1. The molecule has 5 heteroatoms. The molecule has 0 aliphatic rings. The van der Waals surface area contributed by atoms with Crippen LogP contribution in [0.5, 0.6) is 0 Å². The highest BCUT2D eigenvalue weighted by atomic mass is 35.5. The fourth-order valence-corrected chi connectivity index (χ4v) is 0.763. The Bertz CT molecular complexity index is 528. The highest BCUT2D eigenvalue weighted by Gasteiger charge is 1.95. The maximum atomic E-state index is 10.2. The van der Waals surface area contributed by atoms with E-state index in [1.807, 2.05) is 36.4 Å². The summed E-state index contributed by atoms with van der Waals surface area (Å²) in [7, 11) is 1.33. The Balaban J connectivity index is -0.000000245. The van der Waals surface area contributed by atoms with Crippen molar-refractivity contribution in [3.63, 3.8) is 0 Å². The molecular formula is C18H21Cl2NO2. The van der Waals surface area contributed by atoms with Gasteiger partial charge in [-0.3, -0.25) is 0 Å². The molecule has 1 aromatic rings. The van der Waals surface area contributed by atoms with Gasteiger partial charge in [0.15, 0.2) is 0 Å². The fourth-order valence-electron chi connectivity index (χ4n) is 0.763. The van der Waals surface area contributed by atoms with E-state index in [4.69, 9.17) is 28.5 Å². The van der Waals surface area contributed by atoms with Crippen molar-refractivity contribution in [2.45, 2.75) is 6.92 Å². The second-order valence-corrected chi connectivity index (χ2v) is 4.66. The largest absolute Gasteiger partial charge is 0.466 e. The standard InChI is InChI=1S/C8H8.C5H8O2.C3H3N.C2H2Cl2/c1-2-8-6-4-3-5-7-8;1-4(2)5(6)7-3;1-2-3-4;1-2(3)4/h2-7H,1H2;1H2,2-3H3;2H,1H2;1H2. The van der Waals surface area contributed by atoms with E-state index in [9.17, 15) is 4.79 Å². The number of ether oxygens (including phenoxy) is 1. The van der Waals surface area contributed by atoms with Crippen molar-refractivity contribution in [3.05, 3.63) is 78.4 Å². The molecule has 0 fully saturated rings. The second kappa shape index (κ2) is 19.7. The van der Waals surface area contributed by atoms with Crippen LogP contribution in [0.1, 0.15) is 12.5 Å². The summed E-state index contributed by atoms with van der Waals surface area (Å²) >= 11 is 9.69. The number of carbonyl (C=O) groups excluding carboxylic acids is 1. The molecule has 3 nitrogen and oxygen atoms in total. The fraction of sp³-hybridized carbons (Fsp3) is 0.111. The molecule has 0 atom stereocenters. The third kappa shape index (κ3) is 28.6. The topological polar surface area (TPSA) is 50.1 Å². The molecule has 124 valence electrons. The summed E-state index contributed by atoms with van der Waals surface area (Å²) in [5, 5.41) is 7.51. The zero-order valence-electron chi connectivity index (χ0n) is 13.4. The Morgan fingerprint density at radius 2 is 1.61 bits per heavy atom.